The summed E-state index contributed by atoms with van der Waals surface area (Å²) < 4.78 is 34.7. The third-order valence-electron chi connectivity index (χ3n) is 7.50. The van der Waals surface area contributed by atoms with Crippen molar-refractivity contribution in [3.63, 3.8) is 0 Å². The summed E-state index contributed by atoms with van der Waals surface area (Å²) in [5, 5.41) is 3.36. The van der Waals surface area contributed by atoms with E-state index in [2.05, 4.69) is 5.32 Å². The summed E-state index contributed by atoms with van der Waals surface area (Å²) in [5.74, 6) is -0.109. The van der Waals surface area contributed by atoms with Gasteiger partial charge in [0.15, 0.2) is 0 Å². The number of nitrogens with zero attached hydrogens (tertiary/aromatic N) is 2. The van der Waals surface area contributed by atoms with E-state index in [9.17, 15) is 18.0 Å². The number of aryl methyl sites for hydroxylation is 1. The van der Waals surface area contributed by atoms with E-state index in [1.165, 1.54) is 23.1 Å². The zero-order chi connectivity index (χ0) is 33.3. The largest absolute Gasteiger partial charge is 0.497 e. The molecule has 4 rings (SSSR count). The lowest BCUT2D eigenvalue weighted by molar-refractivity contribution is -0.140. The molecule has 0 spiro atoms. The number of anilines is 1. The summed E-state index contributed by atoms with van der Waals surface area (Å²) in [4.78, 5) is 29.9. The number of halogens is 1. The minimum absolute atomic E-state index is 0.0226. The molecule has 0 aliphatic rings. The molecule has 0 saturated heterocycles. The van der Waals surface area contributed by atoms with Crippen LogP contribution < -0.4 is 14.4 Å². The van der Waals surface area contributed by atoms with Gasteiger partial charge in [-0.15, -0.1) is 0 Å². The number of hydrogen-bond donors (Lipinski definition) is 1. The molecule has 0 unspecified atom stereocenters. The molecule has 242 valence electrons. The number of hydrogen-bond acceptors (Lipinski definition) is 5. The number of sulfonamides is 1. The average Bonchev–Trinajstić information content (AvgIpc) is 3.06. The predicted octanol–water partition coefficient (Wildman–Crippen LogP) is 6.26. The molecule has 0 aromatic heterocycles. The molecule has 1 atom stereocenters. The van der Waals surface area contributed by atoms with Gasteiger partial charge in [0.1, 0.15) is 18.3 Å². The second kappa shape index (κ2) is 15.8. The van der Waals surface area contributed by atoms with Gasteiger partial charge >= 0.3 is 0 Å². The van der Waals surface area contributed by atoms with E-state index in [1.807, 2.05) is 63.2 Å². The molecule has 0 aliphatic carbocycles. The van der Waals surface area contributed by atoms with Crippen molar-refractivity contribution in [2.75, 3.05) is 24.5 Å². The molecule has 0 heterocycles. The maximum Gasteiger partial charge on any atom is 0.264 e. The fourth-order valence-corrected chi connectivity index (χ4v) is 6.53. The Kier molecular flexibility index (Phi) is 11.8. The second-order valence-corrected chi connectivity index (χ2v) is 13.7. The summed E-state index contributed by atoms with van der Waals surface area (Å²) in [5.41, 5.74) is 2.57. The van der Waals surface area contributed by atoms with Gasteiger partial charge < -0.3 is 15.0 Å². The Morgan fingerprint density at radius 2 is 1.52 bits per heavy atom. The highest BCUT2D eigenvalue weighted by molar-refractivity contribution is 7.92. The quantitative estimate of drug-likeness (QED) is 0.172. The smallest absolute Gasteiger partial charge is 0.264 e. The lowest BCUT2D eigenvalue weighted by atomic mass is 10.0. The molecule has 0 radical (unpaired) electrons. The normalized spacial score (nSPS) is 12.0. The molecule has 0 saturated carbocycles. The predicted molar refractivity (Wildman–Crippen MR) is 182 cm³/mol. The zero-order valence-electron chi connectivity index (χ0n) is 26.5. The Hall–Kier alpha value is -4.34. The molecule has 10 heteroatoms. The van der Waals surface area contributed by atoms with Crippen LogP contribution in [0.15, 0.2) is 108 Å². The van der Waals surface area contributed by atoms with E-state index in [4.69, 9.17) is 16.3 Å². The Balaban J connectivity index is 1.82. The van der Waals surface area contributed by atoms with Crippen molar-refractivity contribution in [2.24, 2.45) is 5.92 Å². The van der Waals surface area contributed by atoms with Crippen molar-refractivity contribution in [3.05, 3.63) is 125 Å². The van der Waals surface area contributed by atoms with Gasteiger partial charge in [0, 0.05) is 24.5 Å². The molecule has 4 aromatic carbocycles. The van der Waals surface area contributed by atoms with Crippen LogP contribution in [0.4, 0.5) is 5.69 Å². The van der Waals surface area contributed by atoms with Crippen LogP contribution in [0.25, 0.3) is 0 Å². The first-order valence-electron chi connectivity index (χ1n) is 15.1. The topological polar surface area (TPSA) is 96.0 Å². The van der Waals surface area contributed by atoms with Crippen molar-refractivity contribution in [2.45, 2.75) is 44.7 Å². The first-order chi connectivity index (χ1) is 22.0. The van der Waals surface area contributed by atoms with Crippen molar-refractivity contribution in [1.29, 1.82) is 0 Å². The van der Waals surface area contributed by atoms with Gasteiger partial charge in [-0.05, 0) is 65.9 Å². The summed E-state index contributed by atoms with van der Waals surface area (Å²) in [6.45, 7) is 5.68. The Morgan fingerprint density at radius 3 is 2.15 bits per heavy atom. The molecular weight excluding hydrogens is 622 g/mol. The summed E-state index contributed by atoms with van der Waals surface area (Å²) in [6, 6.07) is 28.5. The first kappa shape index (κ1) is 34.5. The van der Waals surface area contributed by atoms with Crippen LogP contribution in [-0.4, -0.2) is 51.4 Å². The van der Waals surface area contributed by atoms with Crippen LogP contribution in [-0.2, 0) is 32.6 Å². The standard InChI is InChI=1S/C36H40ClN3O5S/c1-26(2)23-38-36(42)34(21-28-12-7-5-8-13-28)39(24-29-14-11-15-31(20-29)45-4)35(41)25-40(30-19-18-27(3)33(37)22-30)46(43,44)32-16-9-6-10-17-32/h5-20,22,26,34H,21,23-25H2,1-4H3,(H,38,42)/t34-/m1/s1. The van der Waals surface area contributed by atoms with Crippen LogP contribution in [0.1, 0.15) is 30.5 Å². The number of ether oxygens (including phenoxy) is 1. The fraction of sp³-hybridized carbons (Fsp3) is 0.278. The van der Waals surface area contributed by atoms with Crippen molar-refractivity contribution in [1.82, 2.24) is 10.2 Å². The van der Waals surface area contributed by atoms with E-state index in [1.54, 1.807) is 49.6 Å². The SMILES string of the molecule is COc1cccc(CN(C(=O)CN(c2ccc(C)c(Cl)c2)S(=O)(=O)c2ccccc2)[C@H](Cc2ccccc2)C(=O)NCC(C)C)c1. The number of benzene rings is 4. The highest BCUT2D eigenvalue weighted by Crippen LogP contribution is 2.29. The number of methoxy groups -OCH3 is 1. The zero-order valence-corrected chi connectivity index (χ0v) is 28.1. The number of carbonyl (C=O) groups excluding carboxylic acids is 2. The lowest BCUT2D eigenvalue weighted by Crippen LogP contribution is -2.53. The van der Waals surface area contributed by atoms with E-state index in [0.717, 1.165) is 21.0 Å². The Morgan fingerprint density at radius 1 is 0.870 bits per heavy atom. The molecule has 46 heavy (non-hydrogen) atoms. The van der Waals surface area contributed by atoms with E-state index in [0.29, 0.717) is 17.3 Å². The maximum atomic E-state index is 14.6. The van der Waals surface area contributed by atoms with E-state index < -0.39 is 28.5 Å². The summed E-state index contributed by atoms with van der Waals surface area (Å²) in [6.07, 6.45) is 0.224. The van der Waals surface area contributed by atoms with Crippen molar-refractivity contribution < 1.29 is 22.7 Å². The highest BCUT2D eigenvalue weighted by atomic mass is 35.5. The van der Waals surface area contributed by atoms with Crippen LogP contribution in [0.3, 0.4) is 0 Å². The molecule has 1 N–H and O–H groups in total. The highest BCUT2D eigenvalue weighted by Gasteiger charge is 2.34. The van der Waals surface area contributed by atoms with Crippen molar-refractivity contribution in [3.8, 4) is 5.75 Å². The lowest BCUT2D eigenvalue weighted by Gasteiger charge is -2.34. The van der Waals surface area contributed by atoms with E-state index >= 15 is 0 Å². The Bertz CT molecular complexity index is 1730. The third-order valence-corrected chi connectivity index (χ3v) is 9.69. The van der Waals surface area contributed by atoms with Crippen LogP contribution in [0, 0.1) is 12.8 Å². The number of carbonyl (C=O) groups is 2. The van der Waals surface area contributed by atoms with Crippen LogP contribution >= 0.6 is 11.6 Å². The molecule has 0 fully saturated rings. The fourth-order valence-electron chi connectivity index (χ4n) is 4.93. The van der Waals surface area contributed by atoms with Gasteiger partial charge in [-0.2, -0.15) is 0 Å². The van der Waals surface area contributed by atoms with Crippen molar-refractivity contribution >= 4 is 39.1 Å². The second-order valence-electron chi connectivity index (χ2n) is 11.5. The molecule has 8 nitrogen and oxygen atoms in total. The maximum absolute atomic E-state index is 14.6. The first-order valence-corrected chi connectivity index (χ1v) is 16.9. The van der Waals surface area contributed by atoms with Gasteiger partial charge in [-0.25, -0.2) is 8.42 Å². The molecule has 0 aliphatic heterocycles. The monoisotopic (exact) mass is 661 g/mol. The van der Waals surface area contributed by atoms with Gasteiger partial charge in [0.05, 0.1) is 17.7 Å². The number of nitrogens with one attached hydrogen (secondary N) is 1. The number of amides is 2. The van der Waals surface area contributed by atoms with Crippen LogP contribution in [0.2, 0.25) is 5.02 Å². The summed E-state index contributed by atoms with van der Waals surface area (Å²) in [7, 11) is -2.66. The third kappa shape index (κ3) is 8.89. The minimum Gasteiger partial charge on any atom is -0.497 e. The van der Waals surface area contributed by atoms with Gasteiger partial charge in [0.25, 0.3) is 10.0 Å². The molecule has 0 bridgehead atoms. The Labute approximate surface area is 277 Å². The van der Waals surface area contributed by atoms with E-state index in [-0.39, 0.29) is 35.4 Å². The van der Waals surface area contributed by atoms with Gasteiger partial charge in [-0.3, -0.25) is 13.9 Å². The number of rotatable bonds is 14. The molecule has 4 aromatic rings. The van der Waals surface area contributed by atoms with Crippen LogP contribution in [0.5, 0.6) is 5.75 Å². The average molecular weight is 662 g/mol. The molecular formula is C36H40ClN3O5S. The summed E-state index contributed by atoms with van der Waals surface area (Å²) >= 11 is 6.45. The van der Waals surface area contributed by atoms with Gasteiger partial charge in [0.2, 0.25) is 11.8 Å². The van der Waals surface area contributed by atoms with Gasteiger partial charge in [-0.1, -0.05) is 92.2 Å². The minimum atomic E-state index is -4.22. The molecule has 2 amide bonds.